The lowest BCUT2D eigenvalue weighted by atomic mass is 10.0. The number of nitrogens with zero attached hydrogens (tertiary/aromatic N) is 2. The SMILES string of the molecule is CC(C)c1ccc(N2C(=O)CC(N(Cc3ccco3)C(=O)C3CC3)C2=O)cc1. The van der Waals surface area contributed by atoms with Gasteiger partial charge in [-0.25, -0.2) is 4.90 Å². The van der Waals surface area contributed by atoms with Gasteiger partial charge in [0.2, 0.25) is 11.8 Å². The van der Waals surface area contributed by atoms with Crippen LogP contribution in [0.1, 0.15) is 50.4 Å². The number of rotatable bonds is 6. The van der Waals surface area contributed by atoms with Crippen LogP contribution >= 0.6 is 0 Å². The standard InChI is InChI=1S/C22H24N2O4/c1-14(2)15-7-9-17(10-8-15)24-20(25)12-19(22(24)27)23(21(26)16-5-6-16)13-18-4-3-11-28-18/h3-4,7-11,14,16,19H,5-6,12-13H2,1-2H3. The van der Waals surface area contributed by atoms with Crippen LogP contribution in [0.2, 0.25) is 0 Å². The number of anilines is 1. The topological polar surface area (TPSA) is 70.8 Å². The van der Waals surface area contributed by atoms with E-state index in [9.17, 15) is 14.4 Å². The number of hydrogen-bond acceptors (Lipinski definition) is 4. The Hall–Kier alpha value is -2.89. The minimum absolute atomic E-state index is 0.00390. The van der Waals surface area contributed by atoms with E-state index in [1.54, 1.807) is 30.5 Å². The minimum atomic E-state index is -0.782. The summed E-state index contributed by atoms with van der Waals surface area (Å²) in [5, 5.41) is 0. The van der Waals surface area contributed by atoms with Gasteiger partial charge < -0.3 is 9.32 Å². The minimum Gasteiger partial charge on any atom is -0.467 e. The van der Waals surface area contributed by atoms with Crippen molar-refractivity contribution in [3.05, 3.63) is 54.0 Å². The molecule has 2 heterocycles. The fourth-order valence-electron chi connectivity index (χ4n) is 3.62. The molecule has 0 spiro atoms. The van der Waals surface area contributed by atoms with Gasteiger partial charge in [-0.2, -0.15) is 0 Å². The molecule has 2 aliphatic rings. The van der Waals surface area contributed by atoms with Crippen molar-refractivity contribution in [2.75, 3.05) is 4.90 Å². The summed E-state index contributed by atoms with van der Waals surface area (Å²) in [4.78, 5) is 41.4. The van der Waals surface area contributed by atoms with Gasteiger partial charge in [0.15, 0.2) is 0 Å². The second kappa shape index (κ2) is 7.26. The molecule has 4 rings (SSSR count). The third-order valence-electron chi connectivity index (χ3n) is 5.43. The zero-order valence-electron chi connectivity index (χ0n) is 16.1. The van der Waals surface area contributed by atoms with Crippen molar-refractivity contribution in [2.45, 2.75) is 51.6 Å². The summed E-state index contributed by atoms with van der Waals surface area (Å²) in [5.74, 6) is 0.237. The van der Waals surface area contributed by atoms with Crippen LogP contribution in [0.25, 0.3) is 0 Å². The lowest BCUT2D eigenvalue weighted by molar-refractivity contribution is -0.140. The Morgan fingerprint density at radius 2 is 1.89 bits per heavy atom. The van der Waals surface area contributed by atoms with Crippen LogP contribution in [0.5, 0.6) is 0 Å². The molecule has 1 aromatic carbocycles. The van der Waals surface area contributed by atoms with Crippen molar-refractivity contribution in [3.8, 4) is 0 Å². The molecule has 1 unspecified atom stereocenters. The number of amides is 3. The maximum Gasteiger partial charge on any atom is 0.257 e. The molecule has 0 bridgehead atoms. The molecule has 1 saturated carbocycles. The fraction of sp³-hybridized carbons (Fsp3) is 0.409. The Morgan fingerprint density at radius 1 is 1.18 bits per heavy atom. The first-order valence-corrected chi connectivity index (χ1v) is 9.75. The van der Waals surface area contributed by atoms with Gasteiger partial charge in [-0.1, -0.05) is 26.0 Å². The van der Waals surface area contributed by atoms with Crippen molar-refractivity contribution >= 4 is 23.4 Å². The first-order valence-electron chi connectivity index (χ1n) is 9.75. The highest BCUT2D eigenvalue weighted by Gasteiger charge is 2.47. The molecular weight excluding hydrogens is 356 g/mol. The molecule has 1 aliphatic carbocycles. The van der Waals surface area contributed by atoms with Gasteiger partial charge in [0.1, 0.15) is 11.8 Å². The third-order valence-corrected chi connectivity index (χ3v) is 5.43. The molecule has 28 heavy (non-hydrogen) atoms. The summed E-state index contributed by atoms with van der Waals surface area (Å²) in [7, 11) is 0. The predicted molar refractivity (Wildman–Crippen MR) is 103 cm³/mol. The molecule has 6 nitrogen and oxygen atoms in total. The summed E-state index contributed by atoms with van der Waals surface area (Å²) >= 11 is 0. The van der Waals surface area contributed by atoms with E-state index >= 15 is 0 Å². The number of benzene rings is 1. The quantitative estimate of drug-likeness (QED) is 0.720. The molecule has 0 radical (unpaired) electrons. The Balaban J connectivity index is 1.59. The number of imide groups is 1. The largest absolute Gasteiger partial charge is 0.467 e. The van der Waals surface area contributed by atoms with Gasteiger partial charge in [-0.05, 0) is 48.6 Å². The van der Waals surface area contributed by atoms with E-state index in [1.165, 1.54) is 9.80 Å². The zero-order valence-corrected chi connectivity index (χ0v) is 16.1. The van der Waals surface area contributed by atoms with Gasteiger partial charge in [0.25, 0.3) is 5.91 Å². The van der Waals surface area contributed by atoms with Crippen LogP contribution in [0.15, 0.2) is 47.1 Å². The van der Waals surface area contributed by atoms with Crippen LogP contribution in [0, 0.1) is 5.92 Å². The van der Waals surface area contributed by atoms with Crippen LogP contribution in [-0.4, -0.2) is 28.7 Å². The highest BCUT2D eigenvalue weighted by atomic mass is 16.3. The van der Waals surface area contributed by atoms with Crippen LogP contribution < -0.4 is 4.90 Å². The van der Waals surface area contributed by atoms with Gasteiger partial charge in [0, 0.05) is 5.92 Å². The molecule has 1 saturated heterocycles. The average molecular weight is 380 g/mol. The zero-order chi connectivity index (χ0) is 19.8. The van der Waals surface area contributed by atoms with Crippen molar-refractivity contribution in [2.24, 2.45) is 5.92 Å². The summed E-state index contributed by atoms with van der Waals surface area (Å²) in [5.41, 5.74) is 1.70. The van der Waals surface area contributed by atoms with Crippen molar-refractivity contribution in [3.63, 3.8) is 0 Å². The van der Waals surface area contributed by atoms with Crippen molar-refractivity contribution in [1.29, 1.82) is 0 Å². The van der Waals surface area contributed by atoms with Gasteiger partial charge >= 0.3 is 0 Å². The van der Waals surface area contributed by atoms with Gasteiger partial charge in [0.05, 0.1) is 24.9 Å². The van der Waals surface area contributed by atoms with E-state index in [0.29, 0.717) is 17.4 Å². The monoisotopic (exact) mass is 380 g/mol. The molecular formula is C22H24N2O4. The van der Waals surface area contributed by atoms with Crippen LogP contribution in [0.4, 0.5) is 5.69 Å². The normalized spacial score (nSPS) is 19.5. The number of hydrogen-bond donors (Lipinski definition) is 0. The second-order valence-electron chi connectivity index (χ2n) is 7.85. The summed E-state index contributed by atoms with van der Waals surface area (Å²) in [6.45, 7) is 4.38. The Kier molecular flexibility index (Phi) is 4.79. The number of furan rings is 1. The van der Waals surface area contributed by atoms with E-state index in [-0.39, 0.29) is 36.6 Å². The van der Waals surface area contributed by atoms with Crippen LogP contribution in [-0.2, 0) is 20.9 Å². The van der Waals surface area contributed by atoms with Gasteiger partial charge in [-0.3, -0.25) is 14.4 Å². The first-order chi connectivity index (χ1) is 13.5. The number of carbonyl (C=O) groups is 3. The van der Waals surface area contributed by atoms with E-state index in [0.717, 1.165) is 18.4 Å². The average Bonchev–Trinajstić information content (AvgIpc) is 3.32. The molecule has 2 fully saturated rings. The molecule has 1 aliphatic heterocycles. The summed E-state index contributed by atoms with van der Waals surface area (Å²) in [6, 6.07) is 10.2. The highest BCUT2D eigenvalue weighted by Crippen LogP contribution is 2.35. The Morgan fingerprint density at radius 3 is 2.46 bits per heavy atom. The van der Waals surface area contributed by atoms with Gasteiger partial charge in [-0.15, -0.1) is 0 Å². The number of carbonyl (C=O) groups excluding carboxylic acids is 3. The molecule has 3 amide bonds. The maximum atomic E-state index is 13.1. The van der Waals surface area contributed by atoms with E-state index in [2.05, 4.69) is 13.8 Å². The summed E-state index contributed by atoms with van der Waals surface area (Å²) < 4.78 is 5.38. The molecule has 1 aromatic heterocycles. The molecule has 2 aromatic rings. The highest BCUT2D eigenvalue weighted by molar-refractivity contribution is 6.23. The van der Waals surface area contributed by atoms with E-state index < -0.39 is 6.04 Å². The molecule has 1 atom stereocenters. The predicted octanol–water partition coefficient (Wildman–Crippen LogP) is 3.47. The Bertz CT molecular complexity index is 882. The molecule has 146 valence electrons. The van der Waals surface area contributed by atoms with E-state index in [1.807, 2.05) is 12.1 Å². The first kappa shape index (κ1) is 18.5. The lowest BCUT2D eigenvalue weighted by Gasteiger charge is -2.27. The fourth-order valence-corrected chi connectivity index (χ4v) is 3.62. The third kappa shape index (κ3) is 3.46. The second-order valence-corrected chi connectivity index (χ2v) is 7.85. The summed E-state index contributed by atoms with van der Waals surface area (Å²) in [6.07, 6.45) is 3.22. The van der Waals surface area contributed by atoms with Crippen molar-refractivity contribution in [1.82, 2.24) is 4.90 Å². The molecule has 0 N–H and O–H groups in total. The Labute approximate surface area is 164 Å². The van der Waals surface area contributed by atoms with Crippen molar-refractivity contribution < 1.29 is 18.8 Å². The lowest BCUT2D eigenvalue weighted by Crippen LogP contribution is -2.45. The smallest absolute Gasteiger partial charge is 0.257 e. The van der Waals surface area contributed by atoms with Crippen LogP contribution in [0.3, 0.4) is 0 Å². The maximum absolute atomic E-state index is 13.1. The molecule has 6 heteroatoms. The van der Waals surface area contributed by atoms with E-state index in [4.69, 9.17) is 4.42 Å².